The molecular weight excluding hydrogens is 340 g/mol. The van der Waals surface area contributed by atoms with E-state index >= 15 is 0 Å². The molecule has 0 aliphatic carbocycles. The topological polar surface area (TPSA) is 56.3 Å². The zero-order valence-corrected chi connectivity index (χ0v) is 10.9. The quantitative estimate of drug-likeness (QED) is 0.283. The molecule has 2 rings (SSSR count). The van der Waals surface area contributed by atoms with Crippen molar-refractivity contribution in [3.8, 4) is 5.75 Å². The average molecular weight is 343 g/mol. The first-order chi connectivity index (χ1) is 10.1. The molecule has 0 saturated heterocycles. The molecule has 4 nitrogen and oxygen atoms in total. The molecule has 1 aromatic carbocycles. The Bertz CT molecular complexity index is 826. The first kappa shape index (κ1) is 16.1. The van der Waals surface area contributed by atoms with Crippen molar-refractivity contribution in [1.82, 2.24) is 4.98 Å². The monoisotopic (exact) mass is 343 g/mol. The maximum atomic E-state index is 13.3. The van der Waals surface area contributed by atoms with Crippen LogP contribution < -0.4 is 4.18 Å². The maximum Gasteiger partial charge on any atom is 0.357 e. The minimum atomic E-state index is -5.11. The first-order valence-corrected chi connectivity index (χ1v) is 6.64. The lowest BCUT2D eigenvalue weighted by Crippen LogP contribution is -2.16. The molecule has 0 fully saturated rings. The van der Waals surface area contributed by atoms with Gasteiger partial charge in [0.1, 0.15) is 0 Å². The van der Waals surface area contributed by atoms with Crippen molar-refractivity contribution >= 4 is 10.1 Å². The van der Waals surface area contributed by atoms with Crippen LogP contribution in [0.5, 0.6) is 5.75 Å². The number of hydrogen-bond donors (Lipinski definition) is 0. The summed E-state index contributed by atoms with van der Waals surface area (Å²) in [5, 5.41) is -1.11. The van der Waals surface area contributed by atoms with E-state index in [1.807, 2.05) is 0 Å². The van der Waals surface area contributed by atoms with Crippen molar-refractivity contribution in [3.63, 3.8) is 0 Å². The fourth-order valence-electron chi connectivity index (χ4n) is 1.34. The highest BCUT2D eigenvalue weighted by Gasteiger charge is 2.31. The summed E-state index contributed by atoms with van der Waals surface area (Å²) in [7, 11) is -5.11. The van der Waals surface area contributed by atoms with E-state index in [0.717, 1.165) is 12.1 Å². The van der Waals surface area contributed by atoms with E-state index in [1.165, 1.54) is 0 Å². The summed E-state index contributed by atoms with van der Waals surface area (Å²) in [6.45, 7) is 0. The summed E-state index contributed by atoms with van der Waals surface area (Å²) >= 11 is 0. The van der Waals surface area contributed by atoms with Crippen molar-refractivity contribution in [1.29, 1.82) is 0 Å². The molecule has 22 heavy (non-hydrogen) atoms. The standard InChI is InChI=1S/C11H3F6NO3S/c12-4-2-1-3-5(18-4)22(19,20)21-11-9(16)7(14)6(13)8(15)10(11)17/h1-3H. The van der Waals surface area contributed by atoms with E-state index in [-0.39, 0.29) is 0 Å². The average Bonchev–Trinajstić information content (AvgIpc) is 2.48. The highest BCUT2D eigenvalue weighted by molar-refractivity contribution is 7.87. The molecule has 2 aromatic rings. The summed E-state index contributed by atoms with van der Waals surface area (Å²) in [6, 6.07) is 2.35. The third-order valence-electron chi connectivity index (χ3n) is 2.31. The molecule has 0 aliphatic rings. The minimum absolute atomic E-state index is 0.699. The van der Waals surface area contributed by atoms with E-state index < -0.39 is 55.9 Å². The second-order valence-electron chi connectivity index (χ2n) is 3.74. The van der Waals surface area contributed by atoms with E-state index in [2.05, 4.69) is 9.17 Å². The van der Waals surface area contributed by atoms with Gasteiger partial charge in [0.15, 0.2) is 5.03 Å². The normalized spacial score (nSPS) is 11.5. The first-order valence-electron chi connectivity index (χ1n) is 5.23. The third kappa shape index (κ3) is 2.71. The van der Waals surface area contributed by atoms with Gasteiger partial charge in [-0.05, 0) is 12.1 Å². The highest BCUT2D eigenvalue weighted by atomic mass is 32.2. The molecule has 0 aliphatic heterocycles. The molecule has 0 unspecified atom stereocenters. The van der Waals surface area contributed by atoms with Crippen LogP contribution in [0.25, 0.3) is 0 Å². The number of pyridine rings is 1. The van der Waals surface area contributed by atoms with Crippen molar-refractivity contribution in [2.75, 3.05) is 0 Å². The largest absolute Gasteiger partial charge is 0.371 e. The molecule has 118 valence electrons. The molecular formula is C11H3F6NO3S. The molecule has 0 amide bonds. The molecule has 1 aromatic heterocycles. The summed E-state index contributed by atoms with van der Waals surface area (Å²) in [5.74, 6) is -15.5. The van der Waals surface area contributed by atoms with Gasteiger partial charge < -0.3 is 4.18 Å². The number of rotatable bonds is 3. The Kier molecular flexibility index (Phi) is 4.00. The van der Waals surface area contributed by atoms with Gasteiger partial charge in [0.2, 0.25) is 40.8 Å². The van der Waals surface area contributed by atoms with Gasteiger partial charge in [0.05, 0.1) is 0 Å². The lowest BCUT2D eigenvalue weighted by molar-refractivity contribution is 0.346. The van der Waals surface area contributed by atoms with Crippen LogP contribution in [0.3, 0.4) is 0 Å². The molecule has 0 saturated carbocycles. The van der Waals surface area contributed by atoms with Gasteiger partial charge in [0, 0.05) is 0 Å². The van der Waals surface area contributed by atoms with Gasteiger partial charge in [-0.25, -0.2) is 18.2 Å². The second-order valence-corrected chi connectivity index (χ2v) is 5.23. The van der Waals surface area contributed by atoms with Crippen molar-refractivity contribution in [2.45, 2.75) is 5.03 Å². The second kappa shape index (κ2) is 5.48. The fraction of sp³-hybridized carbons (Fsp3) is 0. The molecule has 11 heteroatoms. The summed E-state index contributed by atoms with van der Waals surface area (Å²) in [6.07, 6.45) is 0. The SMILES string of the molecule is O=S(=O)(Oc1c(F)c(F)c(F)c(F)c1F)c1cccc(F)n1. The van der Waals surface area contributed by atoms with Crippen LogP contribution in [0.15, 0.2) is 23.2 Å². The van der Waals surface area contributed by atoms with E-state index in [1.54, 1.807) is 0 Å². The van der Waals surface area contributed by atoms with Crippen LogP contribution in [-0.2, 0) is 10.1 Å². The van der Waals surface area contributed by atoms with Gasteiger partial charge in [-0.2, -0.15) is 21.6 Å². The summed E-state index contributed by atoms with van der Waals surface area (Å²) in [4.78, 5) is 2.88. The molecule has 1 heterocycles. The van der Waals surface area contributed by atoms with Gasteiger partial charge in [-0.3, -0.25) is 0 Å². The maximum absolute atomic E-state index is 13.3. The van der Waals surface area contributed by atoms with Crippen molar-refractivity contribution in [2.24, 2.45) is 0 Å². The van der Waals surface area contributed by atoms with Crippen LogP contribution in [0.2, 0.25) is 0 Å². The highest BCUT2D eigenvalue weighted by Crippen LogP contribution is 2.31. The number of benzene rings is 1. The zero-order chi connectivity index (χ0) is 16.7. The number of hydrogen-bond acceptors (Lipinski definition) is 4. The molecule has 0 atom stereocenters. The van der Waals surface area contributed by atoms with Crippen LogP contribution in [-0.4, -0.2) is 13.4 Å². The summed E-state index contributed by atoms with van der Waals surface area (Å²) < 4.78 is 105. The van der Waals surface area contributed by atoms with E-state index in [9.17, 15) is 34.8 Å². The molecule has 0 spiro atoms. The Morgan fingerprint density at radius 3 is 1.82 bits per heavy atom. The fourth-order valence-corrected chi connectivity index (χ4v) is 2.23. The van der Waals surface area contributed by atoms with Crippen LogP contribution in [0, 0.1) is 35.0 Å². The van der Waals surface area contributed by atoms with Crippen LogP contribution >= 0.6 is 0 Å². The Hall–Kier alpha value is -2.30. The smallest absolute Gasteiger partial charge is 0.357 e. The van der Waals surface area contributed by atoms with Crippen LogP contribution in [0.4, 0.5) is 26.3 Å². The van der Waals surface area contributed by atoms with Crippen molar-refractivity contribution in [3.05, 3.63) is 53.2 Å². The van der Waals surface area contributed by atoms with Gasteiger partial charge in [-0.1, -0.05) is 6.07 Å². The summed E-state index contributed by atoms with van der Waals surface area (Å²) in [5.41, 5.74) is 0. The Morgan fingerprint density at radius 2 is 1.32 bits per heavy atom. The Morgan fingerprint density at radius 1 is 0.818 bits per heavy atom. The van der Waals surface area contributed by atoms with Gasteiger partial charge in [0.25, 0.3) is 0 Å². The van der Waals surface area contributed by atoms with Gasteiger partial charge >= 0.3 is 10.1 Å². The van der Waals surface area contributed by atoms with Crippen LogP contribution in [0.1, 0.15) is 0 Å². The number of halogens is 6. The number of nitrogens with zero attached hydrogens (tertiary/aromatic N) is 1. The lowest BCUT2D eigenvalue weighted by atomic mass is 10.3. The lowest BCUT2D eigenvalue weighted by Gasteiger charge is -2.09. The van der Waals surface area contributed by atoms with E-state index in [0.29, 0.717) is 6.07 Å². The predicted molar refractivity (Wildman–Crippen MR) is 58.2 cm³/mol. The molecule has 0 N–H and O–H groups in total. The van der Waals surface area contributed by atoms with E-state index in [4.69, 9.17) is 0 Å². The number of aromatic nitrogens is 1. The minimum Gasteiger partial charge on any atom is -0.371 e. The zero-order valence-electron chi connectivity index (χ0n) is 10.1. The Balaban J connectivity index is 2.56. The predicted octanol–water partition coefficient (Wildman–Crippen LogP) is 2.68. The van der Waals surface area contributed by atoms with Gasteiger partial charge in [-0.15, -0.1) is 0 Å². The molecule has 0 radical (unpaired) electrons. The van der Waals surface area contributed by atoms with Crippen molar-refractivity contribution < 1.29 is 38.9 Å². The molecule has 0 bridgehead atoms. The third-order valence-corrected chi connectivity index (χ3v) is 3.43. The Labute approximate surface area is 119 Å².